The molecule has 4 nitrogen and oxygen atoms in total. The van der Waals surface area contributed by atoms with Crippen LogP contribution in [0.5, 0.6) is 0 Å². The van der Waals surface area contributed by atoms with Crippen LogP contribution in [0.2, 0.25) is 0 Å². The Morgan fingerprint density at radius 2 is 1.90 bits per heavy atom. The number of imidazole rings is 1. The van der Waals surface area contributed by atoms with E-state index in [9.17, 15) is 0 Å². The summed E-state index contributed by atoms with van der Waals surface area (Å²) in [6.07, 6.45) is 3.73. The minimum Gasteiger partial charge on any atom is -0.346 e. The second-order valence-electron chi connectivity index (χ2n) is 4.38. The Labute approximate surface area is 120 Å². The molecule has 2 aromatic rings. The average molecular weight is 274 g/mol. The highest BCUT2D eigenvalue weighted by Gasteiger charge is 2.20. The van der Waals surface area contributed by atoms with E-state index in [1.807, 2.05) is 45.0 Å². The molecule has 0 saturated heterocycles. The fourth-order valence-corrected chi connectivity index (χ4v) is 2.18. The van der Waals surface area contributed by atoms with Gasteiger partial charge in [-0.15, -0.1) is 0 Å². The molecule has 0 bridgehead atoms. The van der Waals surface area contributed by atoms with Crippen molar-refractivity contribution in [3.05, 3.63) is 42.2 Å². The van der Waals surface area contributed by atoms with Gasteiger partial charge >= 0.3 is 0 Å². The van der Waals surface area contributed by atoms with Crippen molar-refractivity contribution in [1.29, 1.82) is 0 Å². The molecule has 0 atom stereocenters. The van der Waals surface area contributed by atoms with Crippen LogP contribution in [0, 0.1) is 0 Å². The molecule has 0 radical (unpaired) electrons. The Hall–Kier alpha value is -1.65. The molecule has 0 amide bonds. The van der Waals surface area contributed by atoms with E-state index in [1.54, 1.807) is 0 Å². The van der Waals surface area contributed by atoms with Crippen molar-refractivity contribution in [2.24, 2.45) is 0 Å². The van der Waals surface area contributed by atoms with Gasteiger partial charge in [-0.2, -0.15) is 0 Å². The zero-order chi connectivity index (χ0) is 14.4. The summed E-state index contributed by atoms with van der Waals surface area (Å²) in [6.45, 7) is 7.90. The number of aromatic nitrogens is 2. The largest absolute Gasteiger partial charge is 0.346 e. The fraction of sp³-hybridized carbons (Fsp3) is 0.438. The maximum atomic E-state index is 5.69. The molecule has 2 rings (SSSR count). The molecule has 0 aliphatic rings. The van der Waals surface area contributed by atoms with Crippen molar-refractivity contribution < 1.29 is 9.47 Å². The lowest BCUT2D eigenvalue weighted by atomic mass is 10.3. The Balaban J connectivity index is 2.48. The number of rotatable bonds is 7. The highest BCUT2D eigenvalue weighted by atomic mass is 16.7. The first kappa shape index (κ1) is 14.8. The van der Waals surface area contributed by atoms with Gasteiger partial charge in [0.15, 0.2) is 5.82 Å². The number of hydrogen-bond donors (Lipinski definition) is 0. The first-order valence-corrected chi connectivity index (χ1v) is 7.11. The first-order chi connectivity index (χ1) is 9.81. The normalized spacial score (nSPS) is 12.0. The van der Waals surface area contributed by atoms with Gasteiger partial charge in [0.2, 0.25) is 6.29 Å². The zero-order valence-electron chi connectivity index (χ0n) is 12.4. The minimum atomic E-state index is -0.414. The van der Waals surface area contributed by atoms with Gasteiger partial charge in [-0.05, 0) is 32.9 Å². The van der Waals surface area contributed by atoms with Gasteiger partial charge in [0.05, 0.1) is 11.0 Å². The van der Waals surface area contributed by atoms with Gasteiger partial charge in [0.25, 0.3) is 0 Å². The van der Waals surface area contributed by atoms with Crippen molar-refractivity contribution in [1.82, 2.24) is 9.55 Å². The van der Waals surface area contributed by atoms with Gasteiger partial charge in [0.1, 0.15) is 0 Å². The first-order valence-electron chi connectivity index (χ1n) is 7.11. The standard InChI is InChI=1S/C16H22N2O2/c1-4-7-12-18-14-11-9-8-10-13(14)17-15(18)16(19-5-2)20-6-3/h4,7-11,16H,5-6,12H2,1-3H3/b7-4+. The summed E-state index contributed by atoms with van der Waals surface area (Å²) >= 11 is 0. The molecule has 0 fully saturated rings. The van der Waals surface area contributed by atoms with Crippen LogP contribution in [0.1, 0.15) is 32.9 Å². The van der Waals surface area contributed by atoms with Crippen LogP contribution in [0.4, 0.5) is 0 Å². The third-order valence-corrected chi connectivity index (χ3v) is 3.05. The predicted octanol–water partition coefficient (Wildman–Crippen LogP) is 3.68. The summed E-state index contributed by atoms with van der Waals surface area (Å²) < 4.78 is 13.5. The predicted molar refractivity (Wildman–Crippen MR) is 80.5 cm³/mol. The summed E-state index contributed by atoms with van der Waals surface area (Å²) in [4.78, 5) is 4.68. The second kappa shape index (κ2) is 7.22. The molecule has 0 saturated carbocycles. The molecule has 0 aliphatic carbocycles. The van der Waals surface area contributed by atoms with E-state index in [-0.39, 0.29) is 0 Å². The molecule has 1 aromatic heterocycles. The van der Waals surface area contributed by atoms with E-state index in [2.05, 4.69) is 21.7 Å². The van der Waals surface area contributed by atoms with Crippen LogP contribution in [0.15, 0.2) is 36.4 Å². The molecule has 20 heavy (non-hydrogen) atoms. The maximum Gasteiger partial charge on any atom is 0.217 e. The van der Waals surface area contributed by atoms with Crippen molar-refractivity contribution in [3.63, 3.8) is 0 Å². The van der Waals surface area contributed by atoms with E-state index in [0.717, 1.165) is 23.4 Å². The van der Waals surface area contributed by atoms with Gasteiger partial charge in [0, 0.05) is 19.8 Å². The maximum absolute atomic E-state index is 5.69. The molecular weight excluding hydrogens is 252 g/mol. The quantitative estimate of drug-likeness (QED) is 0.571. The Kier molecular flexibility index (Phi) is 5.32. The SMILES string of the molecule is C/C=C/Cn1c(C(OCC)OCC)nc2ccccc21. The number of hydrogen-bond acceptors (Lipinski definition) is 3. The molecule has 0 aliphatic heterocycles. The Bertz CT molecular complexity index is 569. The highest BCUT2D eigenvalue weighted by molar-refractivity contribution is 5.76. The summed E-state index contributed by atoms with van der Waals surface area (Å²) in [5.74, 6) is 0.827. The van der Waals surface area contributed by atoms with E-state index in [4.69, 9.17) is 9.47 Å². The molecule has 1 aromatic carbocycles. The lowest BCUT2D eigenvalue weighted by Gasteiger charge is -2.17. The fourth-order valence-electron chi connectivity index (χ4n) is 2.18. The molecular formula is C16H22N2O2. The monoisotopic (exact) mass is 274 g/mol. The van der Waals surface area contributed by atoms with Gasteiger partial charge in [-0.25, -0.2) is 4.98 Å². The third-order valence-electron chi connectivity index (χ3n) is 3.05. The van der Waals surface area contributed by atoms with Gasteiger partial charge in [-0.3, -0.25) is 0 Å². The summed E-state index contributed by atoms with van der Waals surface area (Å²) in [6, 6.07) is 8.11. The summed E-state index contributed by atoms with van der Waals surface area (Å²) in [5, 5.41) is 0. The molecule has 0 N–H and O–H groups in total. The zero-order valence-corrected chi connectivity index (χ0v) is 12.4. The van der Waals surface area contributed by atoms with Crippen LogP contribution < -0.4 is 0 Å². The van der Waals surface area contributed by atoms with Crippen molar-refractivity contribution >= 4 is 11.0 Å². The van der Waals surface area contributed by atoms with Crippen LogP contribution >= 0.6 is 0 Å². The van der Waals surface area contributed by atoms with Crippen molar-refractivity contribution in [3.8, 4) is 0 Å². The van der Waals surface area contributed by atoms with Gasteiger partial charge < -0.3 is 14.0 Å². The topological polar surface area (TPSA) is 36.3 Å². The second-order valence-corrected chi connectivity index (χ2v) is 4.38. The van der Waals surface area contributed by atoms with E-state index < -0.39 is 6.29 Å². The van der Waals surface area contributed by atoms with Crippen molar-refractivity contribution in [2.75, 3.05) is 13.2 Å². The molecule has 1 heterocycles. The van der Waals surface area contributed by atoms with E-state index in [0.29, 0.717) is 13.2 Å². The molecule has 108 valence electrons. The highest BCUT2D eigenvalue weighted by Crippen LogP contribution is 2.24. The minimum absolute atomic E-state index is 0.414. The molecule has 0 unspecified atom stereocenters. The van der Waals surface area contributed by atoms with Crippen LogP contribution in [-0.4, -0.2) is 22.8 Å². The van der Waals surface area contributed by atoms with Crippen LogP contribution in [-0.2, 0) is 16.0 Å². The number of ether oxygens (including phenoxy) is 2. The number of nitrogens with zero attached hydrogens (tertiary/aromatic N) is 2. The summed E-state index contributed by atoms with van der Waals surface area (Å²) in [5.41, 5.74) is 2.07. The van der Waals surface area contributed by atoms with Crippen LogP contribution in [0.25, 0.3) is 11.0 Å². The molecule has 4 heteroatoms. The van der Waals surface area contributed by atoms with Crippen molar-refractivity contribution in [2.45, 2.75) is 33.6 Å². The lowest BCUT2D eigenvalue weighted by Crippen LogP contribution is -2.15. The number of benzene rings is 1. The molecule has 0 spiro atoms. The lowest BCUT2D eigenvalue weighted by molar-refractivity contribution is -0.146. The Morgan fingerprint density at radius 1 is 1.20 bits per heavy atom. The third kappa shape index (κ3) is 3.08. The number of para-hydroxylation sites is 2. The van der Waals surface area contributed by atoms with E-state index in [1.165, 1.54) is 0 Å². The number of allylic oxidation sites excluding steroid dienone is 2. The van der Waals surface area contributed by atoms with E-state index >= 15 is 0 Å². The number of fused-ring (bicyclic) bond motifs is 1. The smallest absolute Gasteiger partial charge is 0.217 e. The van der Waals surface area contributed by atoms with Gasteiger partial charge in [-0.1, -0.05) is 24.3 Å². The summed E-state index contributed by atoms with van der Waals surface area (Å²) in [7, 11) is 0. The Morgan fingerprint density at radius 3 is 2.55 bits per heavy atom. The average Bonchev–Trinajstić information content (AvgIpc) is 2.83. The van der Waals surface area contributed by atoms with Crippen LogP contribution in [0.3, 0.4) is 0 Å².